The Hall–Kier alpha value is -4.34. The summed E-state index contributed by atoms with van der Waals surface area (Å²) in [5.41, 5.74) is 1.40. The van der Waals surface area contributed by atoms with Gasteiger partial charge in [-0.2, -0.15) is 5.10 Å². The summed E-state index contributed by atoms with van der Waals surface area (Å²) in [5, 5.41) is 18.4. The maximum atomic E-state index is 14.1. The van der Waals surface area contributed by atoms with E-state index in [1.54, 1.807) is 44.3 Å². The number of hydrogen-bond donors (Lipinski definition) is 3. The molecule has 0 aliphatic carbocycles. The summed E-state index contributed by atoms with van der Waals surface area (Å²) in [6.07, 6.45) is 1.03. The highest BCUT2D eigenvalue weighted by Gasteiger charge is 2.25. The van der Waals surface area contributed by atoms with Gasteiger partial charge in [0.25, 0.3) is 0 Å². The third-order valence-corrected chi connectivity index (χ3v) is 7.56. The number of pyridine rings is 1. The van der Waals surface area contributed by atoms with E-state index in [1.165, 1.54) is 23.7 Å². The molecule has 4 rings (SSSR count). The lowest BCUT2D eigenvalue weighted by molar-refractivity contribution is -0.119. The van der Waals surface area contributed by atoms with E-state index < -0.39 is 39.2 Å². The SMILES string of the molecule is CC(=O)N[C@@H](Cc1cc(F)cc(F)c1)c1nc(C#CC(C)(O)C(C)C)ccc1-c1cccc2c(NS(C)(=O)=O)nn(C)c12. The van der Waals surface area contributed by atoms with E-state index in [9.17, 15) is 27.1 Å². The monoisotopic (exact) mass is 609 g/mol. The third-order valence-electron chi connectivity index (χ3n) is 7.00. The van der Waals surface area contributed by atoms with Crippen molar-refractivity contribution in [3.8, 4) is 23.0 Å². The van der Waals surface area contributed by atoms with Crippen LogP contribution in [-0.4, -0.2) is 46.1 Å². The molecule has 4 aromatic rings. The molecule has 0 aliphatic heterocycles. The molecular formula is C31H33F2N5O4S. The summed E-state index contributed by atoms with van der Waals surface area (Å²) in [6, 6.07) is 11.0. The summed E-state index contributed by atoms with van der Waals surface area (Å²) in [6.45, 7) is 6.60. The number of sulfonamides is 1. The van der Waals surface area contributed by atoms with Gasteiger partial charge in [0.15, 0.2) is 5.82 Å². The number of anilines is 1. The number of para-hydroxylation sites is 1. The molecule has 0 saturated heterocycles. The molecule has 0 fully saturated rings. The molecule has 12 heteroatoms. The summed E-state index contributed by atoms with van der Waals surface area (Å²) < 4.78 is 56.2. The van der Waals surface area contributed by atoms with Crippen LogP contribution in [0.3, 0.4) is 0 Å². The van der Waals surface area contributed by atoms with Gasteiger partial charge < -0.3 is 10.4 Å². The fourth-order valence-electron chi connectivity index (χ4n) is 4.60. The van der Waals surface area contributed by atoms with E-state index >= 15 is 0 Å². The molecule has 0 spiro atoms. The Morgan fingerprint density at radius 2 is 1.79 bits per heavy atom. The van der Waals surface area contributed by atoms with E-state index in [-0.39, 0.29) is 18.2 Å². The van der Waals surface area contributed by atoms with Crippen LogP contribution in [0.2, 0.25) is 0 Å². The summed E-state index contributed by atoms with van der Waals surface area (Å²) >= 11 is 0. The smallest absolute Gasteiger partial charge is 0.231 e. The van der Waals surface area contributed by atoms with E-state index in [0.29, 0.717) is 39.0 Å². The molecule has 0 radical (unpaired) electrons. The molecule has 43 heavy (non-hydrogen) atoms. The molecule has 3 N–H and O–H groups in total. The lowest BCUT2D eigenvalue weighted by Gasteiger charge is -2.22. The van der Waals surface area contributed by atoms with Crippen molar-refractivity contribution in [2.24, 2.45) is 13.0 Å². The number of halogens is 2. The zero-order valence-corrected chi connectivity index (χ0v) is 25.5. The number of carbonyl (C=O) groups excluding carboxylic acids is 1. The Balaban J connectivity index is 1.97. The minimum Gasteiger partial charge on any atom is -0.378 e. The molecule has 226 valence electrons. The average molecular weight is 610 g/mol. The average Bonchev–Trinajstić information content (AvgIpc) is 3.19. The second-order valence-corrected chi connectivity index (χ2v) is 12.7. The lowest BCUT2D eigenvalue weighted by atomic mass is 9.92. The first-order valence-corrected chi connectivity index (χ1v) is 15.4. The predicted octanol–water partition coefficient (Wildman–Crippen LogP) is 4.46. The van der Waals surface area contributed by atoms with Crippen molar-refractivity contribution in [2.75, 3.05) is 11.0 Å². The molecule has 0 bridgehead atoms. The van der Waals surface area contributed by atoms with Gasteiger partial charge in [0.05, 0.1) is 23.5 Å². The van der Waals surface area contributed by atoms with Crippen LogP contribution in [0, 0.1) is 29.4 Å². The maximum absolute atomic E-state index is 14.1. The quantitative estimate of drug-likeness (QED) is 0.253. The molecule has 1 unspecified atom stereocenters. The summed E-state index contributed by atoms with van der Waals surface area (Å²) in [4.78, 5) is 17.2. The molecular weight excluding hydrogens is 576 g/mol. The fourth-order valence-corrected chi connectivity index (χ4v) is 5.11. The number of nitrogens with zero attached hydrogens (tertiary/aromatic N) is 3. The van der Waals surface area contributed by atoms with Gasteiger partial charge >= 0.3 is 0 Å². The summed E-state index contributed by atoms with van der Waals surface area (Å²) in [5.74, 6) is 3.83. The normalized spacial score (nSPS) is 13.7. The van der Waals surface area contributed by atoms with Crippen LogP contribution in [0.5, 0.6) is 0 Å². The van der Waals surface area contributed by atoms with Crippen LogP contribution in [0.25, 0.3) is 22.0 Å². The molecule has 1 amide bonds. The first-order valence-electron chi connectivity index (χ1n) is 13.5. The van der Waals surface area contributed by atoms with Crippen molar-refractivity contribution >= 4 is 32.7 Å². The molecule has 2 atom stereocenters. The van der Waals surface area contributed by atoms with Gasteiger partial charge in [0.1, 0.15) is 22.9 Å². The number of aryl methyl sites for hydroxylation is 1. The molecule has 9 nitrogen and oxygen atoms in total. The van der Waals surface area contributed by atoms with Gasteiger partial charge in [0.2, 0.25) is 15.9 Å². The van der Waals surface area contributed by atoms with Gasteiger partial charge in [-0.1, -0.05) is 31.9 Å². The van der Waals surface area contributed by atoms with Crippen LogP contribution in [0.15, 0.2) is 48.5 Å². The third kappa shape index (κ3) is 7.55. The van der Waals surface area contributed by atoms with Gasteiger partial charge in [-0.15, -0.1) is 0 Å². The van der Waals surface area contributed by atoms with E-state index in [2.05, 4.69) is 27.0 Å². The zero-order valence-electron chi connectivity index (χ0n) is 24.7. The Labute approximate surface area is 249 Å². The number of rotatable bonds is 8. The van der Waals surface area contributed by atoms with E-state index in [0.717, 1.165) is 12.3 Å². The number of hydrogen-bond acceptors (Lipinski definition) is 6. The predicted molar refractivity (Wildman–Crippen MR) is 161 cm³/mol. The highest BCUT2D eigenvalue weighted by molar-refractivity contribution is 7.92. The maximum Gasteiger partial charge on any atom is 0.231 e. The van der Waals surface area contributed by atoms with Crippen molar-refractivity contribution in [3.05, 3.63) is 77.1 Å². The Bertz CT molecular complexity index is 1850. The van der Waals surface area contributed by atoms with Crippen molar-refractivity contribution < 1.29 is 27.1 Å². The van der Waals surface area contributed by atoms with Crippen molar-refractivity contribution in [3.63, 3.8) is 0 Å². The number of carbonyl (C=O) groups is 1. The van der Waals surface area contributed by atoms with Gasteiger partial charge in [-0.05, 0) is 61.1 Å². The number of fused-ring (bicyclic) bond motifs is 1. The van der Waals surface area contributed by atoms with Crippen LogP contribution in [0.1, 0.15) is 50.7 Å². The molecule has 0 aliphatic rings. The van der Waals surface area contributed by atoms with E-state index in [4.69, 9.17) is 4.98 Å². The standard InChI is InChI=1S/C31H33F2N5O4S/c1-18(2)31(4,40)13-12-23-10-11-24(25-8-7-9-26-29(25)38(5)36-30(26)37-43(6,41)42)28(35-23)27(34-19(3)39)16-20-14-21(32)17-22(33)15-20/h7-11,14-15,17-18,27,40H,16H2,1-6H3,(H,34,39)(H,36,37)/t27-,31?/m0/s1. The Morgan fingerprint density at radius 3 is 2.40 bits per heavy atom. The minimum atomic E-state index is -3.62. The van der Waals surface area contributed by atoms with Gasteiger partial charge in [-0.25, -0.2) is 22.2 Å². The molecule has 2 aromatic carbocycles. The van der Waals surface area contributed by atoms with Crippen LogP contribution >= 0.6 is 0 Å². The number of nitrogens with one attached hydrogen (secondary N) is 2. The molecule has 2 aromatic heterocycles. The van der Waals surface area contributed by atoms with Crippen molar-refractivity contribution in [2.45, 2.75) is 45.8 Å². The highest BCUT2D eigenvalue weighted by Crippen LogP contribution is 2.36. The first-order chi connectivity index (χ1) is 20.0. The topological polar surface area (TPSA) is 126 Å². The number of aromatic nitrogens is 3. The van der Waals surface area contributed by atoms with Crippen LogP contribution in [0.4, 0.5) is 14.6 Å². The van der Waals surface area contributed by atoms with Gasteiger partial charge in [-0.3, -0.25) is 14.2 Å². The van der Waals surface area contributed by atoms with Crippen LogP contribution in [-0.2, 0) is 28.3 Å². The number of amides is 1. The van der Waals surface area contributed by atoms with Crippen LogP contribution < -0.4 is 10.0 Å². The second kappa shape index (κ2) is 12.1. The van der Waals surface area contributed by atoms with Gasteiger partial charge in [0, 0.05) is 36.6 Å². The second-order valence-electron chi connectivity index (χ2n) is 11.0. The summed E-state index contributed by atoms with van der Waals surface area (Å²) in [7, 11) is -1.95. The first kappa shape index (κ1) is 31.6. The highest BCUT2D eigenvalue weighted by atomic mass is 32.2. The number of benzene rings is 2. The number of aliphatic hydroxyl groups is 1. The Morgan fingerprint density at radius 1 is 1.12 bits per heavy atom. The minimum absolute atomic E-state index is 0.00288. The fraction of sp³-hybridized carbons (Fsp3) is 0.323. The lowest BCUT2D eigenvalue weighted by Crippen LogP contribution is -2.29. The molecule has 0 saturated carbocycles. The zero-order chi connectivity index (χ0) is 31.7. The molecule has 2 heterocycles. The largest absolute Gasteiger partial charge is 0.378 e. The Kier molecular flexibility index (Phi) is 8.89. The van der Waals surface area contributed by atoms with Crippen molar-refractivity contribution in [1.82, 2.24) is 20.1 Å². The van der Waals surface area contributed by atoms with E-state index in [1.807, 2.05) is 13.8 Å². The van der Waals surface area contributed by atoms with Crippen molar-refractivity contribution in [1.29, 1.82) is 0 Å².